The van der Waals surface area contributed by atoms with Gasteiger partial charge in [0.2, 0.25) is 5.91 Å². The second kappa shape index (κ2) is 5.09. The summed E-state index contributed by atoms with van der Waals surface area (Å²) in [6, 6.07) is 6.92. The smallest absolute Gasteiger partial charge is 0.312 e. The topological polar surface area (TPSA) is 97.1 Å². The molecular weight excluding hydrogens is 236 g/mol. The number of carboxylic acid groups (broad SMARTS) is 1. The number of nitrogens with zero attached hydrogens (tertiary/aromatic N) is 3. The molecule has 1 heterocycles. The SMILES string of the molecule is O=C(O)CC(=O)Nc1ccccc1-n1ccnn1. The molecular formula is C11H10N4O3. The highest BCUT2D eigenvalue weighted by atomic mass is 16.4. The van der Waals surface area contributed by atoms with Crippen molar-refractivity contribution in [3.8, 4) is 5.69 Å². The molecule has 7 heteroatoms. The average molecular weight is 246 g/mol. The van der Waals surface area contributed by atoms with Gasteiger partial charge in [-0.1, -0.05) is 17.3 Å². The molecule has 0 bridgehead atoms. The van der Waals surface area contributed by atoms with E-state index in [0.29, 0.717) is 11.4 Å². The van der Waals surface area contributed by atoms with E-state index in [1.165, 1.54) is 10.9 Å². The molecule has 0 radical (unpaired) electrons. The molecule has 0 saturated carbocycles. The van der Waals surface area contributed by atoms with Gasteiger partial charge in [0.25, 0.3) is 0 Å². The van der Waals surface area contributed by atoms with Gasteiger partial charge in [-0.15, -0.1) is 5.10 Å². The van der Waals surface area contributed by atoms with Gasteiger partial charge >= 0.3 is 5.97 Å². The van der Waals surface area contributed by atoms with Crippen LogP contribution in [0.1, 0.15) is 6.42 Å². The van der Waals surface area contributed by atoms with Crippen LogP contribution in [0, 0.1) is 0 Å². The van der Waals surface area contributed by atoms with E-state index in [1.807, 2.05) is 0 Å². The third-order valence-corrected chi connectivity index (χ3v) is 2.16. The van der Waals surface area contributed by atoms with Crippen LogP contribution in [0.15, 0.2) is 36.7 Å². The average Bonchev–Trinajstić information content (AvgIpc) is 2.81. The number of anilines is 1. The van der Waals surface area contributed by atoms with Crippen LogP contribution >= 0.6 is 0 Å². The fourth-order valence-electron chi connectivity index (χ4n) is 1.45. The number of carbonyl (C=O) groups is 2. The van der Waals surface area contributed by atoms with Crippen LogP contribution in [-0.4, -0.2) is 32.0 Å². The van der Waals surface area contributed by atoms with Crippen LogP contribution in [0.3, 0.4) is 0 Å². The molecule has 0 fully saturated rings. The van der Waals surface area contributed by atoms with Crippen LogP contribution in [0.2, 0.25) is 0 Å². The van der Waals surface area contributed by atoms with E-state index < -0.39 is 18.3 Å². The van der Waals surface area contributed by atoms with E-state index in [9.17, 15) is 9.59 Å². The fourth-order valence-corrected chi connectivity index (χ4v) is 1.45. The maximum absolute atomic E-state index is 11.4. The van der Waals surface area contributed by atoms with E-state index in [1.54, 1.807) is 30.5 Å². The minimum Gasteiger partial charge on any atom is -0.481 e. The Balaban J connectivity index is 2.23. The third kappa shape index (κ3) is 2.70. The summed E-state index contributed by atoms with van der Waals surface area (Å²) in [5.74, 6) is -1.76. The first-order valence-electron chi connectivity index (χ1n) is 5.14. The van der Waals surface area contributed by atoms with Crippen molar-refractivity contribution in [3.05, 3.63) is 36.7 Å². The number of nitrogens with one attached hydrogen (secondary N) is 1. The maximum atomic E-state index is 11.4. The Hall–Kier alpha value is -2.70. The Bertz CT molecular complexity index is 565. The summed E-state index contributed by atoms with van der Waals surface area (Å²) in [5.41, 5.74) is 1.10. The lowest BCUT2D eigenvalue weighted by Crippen LogP contribution is -2.17. The Morgan fingerprint density at radius 3 is 2.78 bits per heavy atom. The van der Waals surface area contributed by atoms with Gasteiger partial charge in [0, 0.05) is 0 Å². The van der Waals surface area contributed by atoms with E-state index in [0.717, 1.165) is 0 Å². The van der Waals surface area contributed by atoms with Gasteiger partial charge in [0.05, 0.1) is 23.8 Å². The molecule has 1 amide bonds. The van der Waals surface area contributed by atoms with Gasteiger partial charge < -0.3 is 10.4 Å². The number of rotatable bonds is 4. The molecule has 0 unspecified atom stereocenters. The molecule has 92 valence electrons. The molecule has 0 saturated heterocycles. The molecule has 1 aromatic heterocycles. The number of aliphatic carboxylic acids is 1. The van der Waals surface area contributed by atoms with Crippen LogP contribution < -0.4 is 5.32 Å². The lowest BCUT2D eigenvalue weighted by molar-refractivity contribution is -0.139. The summed E-state index contributed by atoms with van der Waals surface area (Å²) in [4.78, 5) is 21.8. The number of hydrogen-bond acceptors (Lipinski definition) is 4. The van der Waals surface area contributed by atoms with Gasteiger partial charge in [-0.2, -0.15) is 0 Å². The van der Waals surface area contributed by atoms with Crippen molar-refractivity contribution in [2.75, 3.05) is 5.32 Å². The molecule has 1 aromatic carbocycles. The molecule has 0 atom stereocenters. The lowest BCUT2D eigenvalue weighted by atomic mass is 10.2. The van der Waals surface area contributed by atoms with Crippen molar-refractivity contribution < 1.29 is 14.7 Å². The summed E-state index contributed by atoms with van der Waals surface area (Å²) < 4.78 is 1.48. The van der Waals surface area contributed by atoms with Crippen molar-refractivity contribution in [2.45, 2.75) is 6.42 Å². The predicted octanol–water partition coefficient (Wildman–Crippen LogP) is 0.681. The molecule has 2 rings (SSSR count). The Labute approximate surface area is 102 Å². The van der Waals surface area contributed by atoms with E-state index in [2.05, 4.69) is 15.6 Å². The van der Waals surface area contributed by atoms with E-state index in [4.69, 9.17) is 5.11 Å². The van der Waals surface area contributed by atoms with Gasteiger partial charge in [-0.05, 0) is 12.1 Å². The van der Waals surface area contributed by atoms with Crippen molar-refractivity contribution in [1.82, 2.24) is 15.0 Å². The zero-order valence-corrected chi connectivity index (χ0v) is 9.28. The first-order valence-corrected chi connectivity index (χ1v) is 5.14. The van der Waals surface area contributed by atoms with Crippen LogP contribution in [0.5, 0.6) is 0 Å². The monoisotopic (exact) mass is 246 g/mol. The van der Waals surface area contributed by atoms with Gasteiger partial charge in [0.1, 0.15) is 6.42 Å². The first kappa shape index (κ1) is 11.8. The quantitative estimate of drug-likeness (QED) is 0.773. The predicted molar refractivity (Wildman–Crippen MR) is 62.2 cm³/mol. The molecule has 0 aliphatic rings. The van der Waals surface area contributed by atoms with Crippen LogP contribution in [-0.2, 0) is 9.59 Å². The summed E-state index contributed by atoms with van der Waals surface area (Å²) >= 11 is 0. The van der Waals surface area contributed by atoms with Gasteiger partial charge in [0.15, 0.2) is 0 Å². The highest BCUT2D eigenvalue weighted by Gasteiger charge is 2.11. The minimum absolute atomic E-state index is 0.481. The van der Waals surface area contributed by atoms with Crippen molar-refractivity contribution >= 4 is 17.6 Å². The van der Waals surface area contributed by atoms with E-state index >= 15 is 0 Å². The zero-order chi connectivity index (χ0) is 13.0. The Morgan fingerprint density at radius 2 is 2.11 bits per heavy atom. The summed E-state index contributed by atoms with van der Waals surface area (Å²) in [5, 5.41) is 18.5. The first-order chi connectivity index (χ1) is 8.66. The van der Waals surface area contributed by atoms with Crippen LogP contribution in [0.4, 0.5) is 5.69 Å². The number of amides is 1. The number of hydrogen-bond donors (Lipinski definition) is 2. The number of para-hydroxylation sites is 2. The molecule has 7 nitrogen and oxygen atoms in total. The Morgan fingerprint density at radius 1 is 1.33 bits per heavy atom. The van der Waals surface area contributed by atoms with Gasteiger partial charge in [-0.3, -0.25) is 9.59 Å². The second-order valence-electron chi connectivity index (χ2n) is 3.48. The molecule has 18 heavy (non-hydrogen) atoms. The van der Waals surface area contributed by atoms with Crippen molar-refractivity contribution in [2.24, 2.45) is 0 Å². The fraction of sp³-hybridized carbons (Fsp3) is 0.0909. The molecule has 0 aliphatic heterocycles. The second-order valence-corrected chi connectivity index (χ2v) is 3.48. The van der Waals surface area contributed by atoms with Crippen molar-refractivity contribution in [3.63, 3.8) is 0 Å². The number of carbonyl (C=O) groups excluding carboxylic acids is 1. The molecule has 0 aliphatic carbocycles. The lowest BCUT2D eigenvalue weighted by Gasteiger charge is -2.09. The standard InChI is InChI=1S/C11H10N4O3/c16-10(7-11(17)18)13-8-3-1-2-4-9(8)15-6-5-12-14-15/h1-6H,7H2,(H,13,16)(H,17,18). The summed E-state index contributed by atoms with van der Waals surface area (Å²) in [7, 11) is 0. The zero-order valence-electron chi connectivity index (χ0n) is 9.28. The highest BCUT2D eigenvalue weighted by molar-refractivity contribution is 6.02. The normalized spacial score (nSPS) is 10.0. The minimum atomic E-state index is -1.18. The van der Waals surface area contributed by atoms with Gasteiger partial charge in [-0.25, -0.2) is 4.68 Å². The van der Waals surface area contributed by atoms with Crippen LogP contribution in [0.25, 0.3) is 5.69 Å². The summed E-state index contributed by atoms with van der Waals surface area (Å²) in [6.45, 7) is 0. The number of carboxylic acids is 1. The molecule has 2 N–H and O–H groups in total. The summed E-state index contributed by atoms with van der Waals surface area (Å²) in [6.07, 6.45) is 2.56. The Kier molecular flexibility index (Phi) is 3.33. The maximum Gasteiger partial charge on any atom is 0.312 e. The highest BCUT2D eigenvalue weighted by Crippen LogP contribution is 2.18. The number of benzene rings is 1. The number of aromatic nitrogens is 3. The van der Waals surface area contributed by atoms with E-state index in [-0.39, 0.29) is 0 Å². The van der Waals surface area contributed by atoms with Crippen molar-refractivity contribution in [1.29, 1.82) is 0 Å². The third-order valence-electron chi connectivity index (χ3n) is 2.16. The largest absolute Gasteiger partial charge is 0.481 e. The molecule has 2 aromatic rings. The molecule has 0 spiro atoms.